The zero-order valence-corrected chi connectivity index (χ0v) is 12.7. The van der Waals surface area contributed by atoms with Crippen molar-refractivity contribution in [2.45, 2.75) is 45.1 Å². The molecule has 20 heavy (non-hydrogen) atoms. The Kier molecular flexibility index (Phi) is 5.60. The summed E-state index contributed by atoms with van der Waals surface area (Å²) in [6.07, 6.45) is 4.83. The van der Waals surface area contributed by atoms with Gasteiger partial charge in [-0.2, -0.15) is 0 Å². The first-order chi connectivity index (χ1) is 9.74. The molecule has 2 rings (SSSR count). The Morgan fingerprint density at radius 3 is 2.65 bits per heavy atom. The lowest BCUT2D eigenvalue weighted by Gasteiger charge is -2.24. The van der Waals surface area contributed by atoms with E-state index >= 15 is 0 Å². The molecule has 1 N–H and O–H groups in total. The van der Waals surface area contributed by atoms with Crippen LogP contribution in [0.1, 0.15) is 37.3 Å². The first kappa shape index (κ1) is 15.0. The fraction of sp³-hybridized carbons (Fsp3) is 0.588. The maximum absolute atomic E-state index is 12.3. The lowest BCUT2D eigenvalue weighted by Crippen LogP contribution is -2.40. The molecular formula is C17H26N2O. The Morgan fingerprint density at radius 2 is 2.00 bits per heavy atom. The number of nitrogens with zero attached hydrogens (tertiary/aromatic N) is 1. The van der Waals surface area contributed by atoms with Crippen LogP contribution in [0.2, 0.25) is 0 Å². The maximum Gasteiger partial charge on any atom is 0.223 e. The van der Waals surface area contributed by atoms with Crippen LogP contribution in [0.3, 0.4) is 0 Å². The SMILES string of the molecule is CCc1ccc(CCC(=O)N2CCCC2CNC)cc1. The predicted octanol–water partition coefficient (Wildman–Crippen LogP) is 2.39. The van der Waals surface area contributed by atoms with Crippen LogP contribution in [0.15, 0.2) is 24.3 Å². The third-order valence-electron chi connectivity index (χ3n) is 4.20. The molecule has 1 aliphatic rings. The average Bonchev–Trinajstić information content (AvgIpc) is 2.94. The minimum absolute atomic E-state index is 0.308. The molecule has 1 aromatic rings. The number of hydrogen-bond acceptors (Lipinski definition) is 2. The lowest BCUT2D eigenvalue weighted by atomic mass is 10.1. The number of nitrogens with one attached hydrogen (secondary N) is 1. The molecule has 1 unspecified atom stereocenters. The molecule has 1 aliphatic heterocycles. The number of benzene rings is 1. The van der Waals surface area contributed by atoms with Gasteiger partial charge in [0.05, 0.1) is 0 Å². The Balaban J connectivity index is 1.84. The Morgan fingerprint density at radius 1 is 1.30 bits per heavy atom. The van der Waals surface area contributed by atoms with Gasteiger partial charge in [-0.1, -0.05) is 31.2 Å². The van der Waals surface area contributed by atoms with E-state index in [1.807, 2.05) is 7.05 Å². The van der Waals surface area contributed by atoms with Gasteiger partial charge in [-0.15, -0.1) is 0 Å². The smallest absolute Gasteiger partial charge is 0.223 e. The summed E-state index contributed by atoms with van der Waals surface area (Å²) >= 11 is 0. The molecule has 1 aromatic carbocycles. The van der Waals surface area contributed by atoms with Crippen molar-refractivity contribution >= 4 is 5.91 Å². The quantitative estimate of drug-likeness (QED) is 0.864. The molecule has 3 heteroatoms. The molecule has 0 radical (unpaired) electrons. The second-order valence-corrected chi connectivity index (χ2v) is 5.61. The van der Waals surface area contributed by atoms with Crippen molar-refractivity contribution in [3.05, 3.63) is 35.4 Å². The van der Waals surface area contributed by atoms with Crippen LogP contribution in [-0.2, 0) is 17.6 Å². The van der Waals surface area contributed by atoms with E-state index in [1.165, 1.54) is 11.1 Å². The first-order valence-corrected chi connectivity index (χ1v) is 7.76. The van der Waals surface area contributed by atoms with Gasteiger partial charge in [-0.05, 0) is 43.9 Å². The highest BCUT2D eigenvalue weighted by atomic mass is 16.2. The van der Waals surface area contributed by atoms with E-state index in [1.54, 1.807) is 0 Å². The van der Waals surface area contributed by atoms with Crippen LogP contribution in [0.4, 0.5) is 0 Å². The number of likely N-dealkylation sites (N-methyl/N-ethyl adjacent to an activating group) is 1. The molecule has 0 bridgehead atoms. The molecule has 0 saturated carbocycles. The Labute approximate surface area is 122 Å². The molecule has 0 aliphatic carbocycles. The normalized spacial score (nSPS) is 18.5. The predicted molar refractivity (Wildman–Crippen MR) is 82.8 cm³/mol. The molecule has 0 spiro atoms. The molecule has 110 valence electrons. The van der Waals surface area contributed by atoms with E-state index in [2.05, 4.69) is 41.4 Å². The summed E-state index contributed by atoms with van der Waals surface area (Å²) in [5.74, 6) is 0.308. The molecule has 1 heterocycles. The number of carbonyl (C=O) groups excluding carboxylic acids is 1. The van der Waals surface area contributed by atoms with E-state index in [4.69, 9.17) is 0 Å². The molecule has 1 amide bonds. The number of amides is 1. The van der Waals surface area contributed by atoms with Crippen molar-refractivity contribution in [2.75, 3.05) is 20.1 Å². The van der Waals surface area contributed by atoms with Crippen molar-refractivity contribution in [1.29, 1.82) is 0 Å². The minimum Gasteiger partial charge on any atom is -0.338 e. The zero-order chi connectivity index (χ0) is 14.4. The van der Waals surface area contributed by atoms with Crippen LogP contribution in [0.25, 0.3) is 0 Å². The highest BCUT2D eigenvalue weighted by Gasteiger charge is 2.27. The summed E-state index contributed by atoms with van der Waals surface area (Å²) < 4.78 is 0. The first-order valence-electron chi connectivity index (χ1n) is 7.76. The summed E-state index contributed by atoms with van der Waals surface area (Å²) in [6.45, 7) is 4.00. The van der Waals surface area contributed by atoms with Crippen molar-refractivity contribution in [3.8, 4) is 0 Å². The topological polar surface area (TPSA) is 32.3 Å². The van der Waals surface area contributed by atoms with Crippen LogP contribution in [0.5, 0.6) is 0 Å². The third kappa shape index (κ3) is 3.83. The Hall–Kier alpha value is -1.35. The monoisotopic (exact) mass is 274 g/mol. The van der Waals surface area contributed by atoms with Gasteiger partial charge < -0.3 is 10.2 Å². The fourth-order valence-corrected chi connectivity index (χ4v) is 2.95. The van der Waals surface area contributed by atoms with Gasteiger partial charge in [0.2, 0.25) is 5.91 Å². The van der Waals surface area contributed by atoms with Gasteiger partial charge in [-0.25, -0.2) is 0 Å². The fourth-order valence-electron chi connectivity index (χ4n) is 2.95. The standard InChI is InChI=1S/C17H26N2O/c1-3-14-6-8-15(9-7-14)10-11-17(20)19-12-4-5-16(19)13-18-2/h6-9,16,18H,3-5,10-13H2,1-2H3. The highest BCUT2D eigenvalue weighted by Crippen LogP contribution is 2.18. The van der Waals surface area contributed by atoms with E-state index in [0.717, 1.165) is 38.8 Å². The van der Waals surface area contributed by atoms with Gasteiger partial charge >= 0.3 is 0 Å². The van der Waals surface area contributed by atoms with Crippen molar-refractivity contribution < 1.29 is 4.79 Å². The largest absolute Gasteiger partial charge is 0.338 e. The van der Waals surface area contributed by atoms with E-state index in [0.29, 0.717) is 18.4 Å². The summed E-state index contributed by atoms with van der Waals surface area (Å²) in [6, 6.07) is 9.04. The summed E-state index contributed by atoms with van der Waals surface area (Å²) in [7, 11) is 1.95. The lowest BCUT2D eigenvalue weighted by molar-refractivity contribution is -0.131. The summed E-state index contributed by atoms with van der Waals surface area (Å²) in [4.78, 5) is 14.4. The molecule has 1 saturated heterocycles. The van der Waals surface area contributed by atoms with Crippen molar-refractivity contribution in [3.63, 3.8) is 0 Å². The number of aryl methyl sites for hydroxylation is 2. The number of hydrogen-bond donors (Lipinski definition) is 1. The summed E-state index contributed by atoms with van der Waals surface area (Å²) in [5, 5.41) is 3.19. The number of likely N-dealkylation sites (tertiary alicyclic amines) is 1. The van der Waals surface area contributed by atoms with Gasteiger partial charge in [-0.3, -0.25) is 4.79 Å². The number of carbonyl (C=O) groups is 1. The molecular weight excluding hydrogens is 248 g/mol. The second-order valence-electron chi connectivity index (χ2n) is 5.61. The Bertz CT molecular complexity index is 427. The maximum atomic E-state index is 12.3. The molecule has 1 atom stereocenters. The molecule has 1 fully saturated rings. The van der Waals surface area contributed by atoms with Crippen LogP contribution in [0, 0.1) is 0 Å². The van der Waals surface area contributed by atoms with E-state index < -0.39 is 0 Å². The van der Waals surface area contributed by atoms with Crippen LogP contribution >= 0.6 is 0 Å². The third-order valence-corrected chi connectivity index (χ3v) is 4.20. The van der Waals surface area contributed by atoms with Gasteiger partial charge in [0.1, 0.15) is 0 Å². The number of rotatable bonds is 6. The van der Waals surface area contributed by atoms with Crippen molar-refractivity contribution in [1.82, 2.24) is 10.2 Å². The summed E-state index contributed by atoms with van der Waals surface area (Å²) in [5.41, 5.74) is 2.62. The average molecular weight is 274 g/mol. The van der Waals surface area contributed by atoms with E-state index in [9.17, 15) is 4.79 Å². The highest BCUT2D eigenvalue weighted by molar-refractivity contribution is 5.77. The molecule has 0 aromatic heterocycles. The van der Waals surface area contributed by atoms with Crippen molar-refractivity contribution in [2.24, 2.45) is 0 Å². The van der Waals surface area contributed by atoms with Crippen LogP contribution in [-0.4, -0.2) is 37.0 Å². The zero-order valence-electron chi connectivity index (χ0n) is 12.7. The molecule has 3 nitrogen and oxygen atoms in total. The second kappa shape index (κ2) is 7.44. The van der Waals surface area contributed by atoms with Gasteiger partial charge in [0.15, 0.2) is 0 Å². The minimum atomic E-state index is 0.308. The van der Waals surface area contributed by atoms with Crippen LogP contribution < -0.4 is 5.32 Å². The van der Waals surface area contributed by atoms with Gasteiger partial charge in [0, 0.05) is 25.6 Å². The van der Waals surface area contributed by atoms with E-state index in [-0.39, 0.29) is 0 Å². The van der Waals surface area contributed by atoms with Gasteiger partial charge in [0.25, 0.3) is 0 Å².